The van der Waals surface area contributed by atoms with E-state index in [1.54, 1.807) is 0 Å². The number of nitrogen functional groups attached to an aromatic ring is 1. The van der Waals surface area contributed by atoms with Gasteiger partial charge < -0.3 is 11.1 Å². The van der Waals surface area contributed by atoms with Crippen molar-refractivity contribution in [2.45, 2.75) is 6.54 Å². The maximum atomic E-state index is 13.0. The first-order chi connectivity index (χ1) is 16.1. The summed E-state index contributed by atoms with van der Waals surface area (Å²) in [5.74, 6) is -0.206. The Hall–Kier alpha value is -3.67. The molecule has 6 heteroatoms. The summed E-state index contributed by atoms with van der Waals surface area (Å²) in [6.45, 7) is 0.431. The standard InChI is InChI=1S/C27H20ClN3OS/c28-20-13-11-18(12-14-20)21-15-22(19-9-5-2-6-10-19)31-27-23(21)24(29)25(33-27)26(32)30-16-17-7-3-1-4-8-17/h1-15H,16,29H2,(H,30,32). The summed E-state index contributed by atoms with van der Waals surface area (Å²) in [5.41, 5.74) is 11.7. The number of aromatic nitrogens is 1. The van der Waals surface area contributed by atoms with Crippen molar-refractivity contribution in [3.63, 3.8) is 0 Å². The van der Waals surface area contributed by atoms with Gasteiger partial charge in [0.15, 0.2) is 0 Å². The molecule has 3 N–H and O–H groups in total. The minimum absolute atomic E-state index is 0.206. The summed E-state index contributed by atoms with van der Waals surface area (Å²) in [4.78, 5) is 19.1. The molecule has 5 rings (SSSR count). The van der Waals surface area contributed by atoms with E-state index < -0.39 is 0 Å². The number of carbonyl (C=O) groups excluding carboxylic acids is 1. The van der Waals surface area contributed by atoms with Crippen LogP contribution in [0.4, 0.5) is 5.69 Å². The van der Waals surface area contributed by atoms with Gasteiger partial charge in [-0.2, -0.15) is 0 Å². The number of nitrogens with one attached hydrogen (secondary N) is 1. The van der Waals surface area contributed by atoms with Crippen molar-refractivity contribution in [1.29, 1.82) is 0 Å². The van der Waals surface area contributed by atoms with Crippen molar-refractivity contribution in [2.24, 2.45) is 0 Å². The summed E-state index contributed by atoms with van der Waals surface area (Å²) in [5, 5.41) is 4.42. The number of fused-ring (bicyclic) bond motifs is 1. The second-order valence-electron chi connectivity index (χ2n) is 7.62. The highest BCUT2D eigenvalue weighted by Crippen LogP contribution is 2.41. The highest BCUT2D eigenvalue weighted by Gasteiger charge is 2.21. The molecule has 0 fully saturated rings. The SMILES string of the molecule is Nc1c(C(=O)NCc2ccccc2)sc2nc(-c3ccccc3)cc(-c3ccc(Cl)cc3)c12. The smallest absolute Gasteiger partial charge is 0.263 e. The molecule has 0 saturated carbocycles. The van der Waals surface area contributed by atoms with E-state index in [4.69, 9.17) is 22.3 Å². The van der Waals surface area contributed by atoms with Crippen molar-refractivity contribution < 1.29 is 4.79 Å². The van der Waals surface area contributed by atoms with Gasteiger partial charge in [0.25, 0.3) is 5.91 Å². The quantitative estimate of drug-likeness (QED) is 0.297. The molecular weight excluding hydrogens is 450 g/mol. The lowest BCUT2D eigenvalue weighted by Crippen LogP contribution is -2.22. The van der Waals surface area contributed by atoms with Crippen molar-refractivity contribution in [3.05, 3.63) is 106 Å². The minimum Gasteiger partial charge on any atom is -0.397 e. The Morgan fingerprint density at radius 1 is 0.909 bits per heavy atom. The average molecular weight is 470 g/mol. The third-order valence-electron chi connectivity index (χ3n) is 5.43. The van der Waals surface area contributed by atoms with Crippen LogP contribution in [0.5, 0.6) is 0 Å². The third kappa shape index (κ3) is 4.33. The van der Waals surface area contributed by atoms with Gasteiger partial charge >= 0.3 is 0 Å². The third-order valence-corrected chi connectivity index (χ3v) is 6.78. The Kier molecular flexibility index (Phi) is 5.82. The average Bonchev–Trinajstić information content (AvgIpc) is 3.20. The first-order valence-corrected chi connectivity index (χ1v) is 11.7. The molecule has 0 aliphatic rings. The Bertz CT molecular complexity index is 1430. The summed E-state index contributed by atoms with van der Waals surface area (Å²) >= 11 is 7.43. The van der Waals surface area contributed by atoms with Gasteiger partial charge in [-0.1, -0.05) is 84.4 Å². The van der Waals surface area contributed by atoms with Crippen LogP contribution in [0, 0.1) is 0 Å². The van der Waals surface area contributed by atoms with E-state index in [1.807, 2.05) is 91.0 Å². The van der Waals surface area contributed by atoms with Crippen LogP contribution in [0.2, 0.25) is 5.02 Å². The zero-order chi connectivity index (χ0) is 22.8. The van der Waals surface area contributed by atoms with Crippen LogP contribution in [0.25, 0.3) is 32.6 Å². The van der Waals surface area contributed by atoms with E-state index in [0.717, 1.165) is 38.2 Å². The van der Waals surface area contributed by atoms with Crippen LogP contribution >= 0.6 is 22.9 Å². The van der Waals surface area contributed by atoms with Crippen molar-refractivity contribution in [2.75, 3.05) is 5.73 Å². The van der Waals surface area contributed by atoms with Crippen LogP contribution in [-0.2, 0) is 6.54 Å². The molecule has 0 aliphatic carbocycles. The molecule has 4 nitrogen and oxygen atoms in total. The van der Waals surface area contributed by atoms with Gasteiger partial charge in [0.1, 0.15) is 9.71 Å². The maximum absolute atomic E-state index is 13.0. The fourth-order valence-corrected chi connectivity index (χ4v) is 4.92. The lowest BCUT2D eigenvalue weighted by atomic mass is 9.99. The number of nitrogens with two attached hydrogens (primary N) is 1. The monoisotopic (exact) mass is 469 g/mol. The lowest BCUT2D eigenvalue weighted by molar-refractivity contribution is 0.0956. The zero-order valence-electron chi connectivity index (χ0n) is 17.6. The van der Waals surface area contributed by atoms with Crippen LogP contribution in [0.15, 0.2) is 91.0 Å². The van der Waals surface area contributed by atoms with Crippen LogP contribution < -0.4 is 11.1 Å². The fraction of sp³-hybridized carbons (Fsp3) is 0.0370. The van der Waals surface area contributed by atoms with E-state index in [-0.39, 0.29) is 5.91 Å². The van der Waals surface area contributed by atoms with Gasteiger partial charge in [-0.15, -0.1) is 11.3 Å². The molecule has 5 aromatic rings. The molecule has 1 amide bonds. The molecule has 0 spiro atoms. The largest absolute Gasteiger partial charge is 0.397 e. The summed E-state index contributed by atoms with van der Waals surface area (Å²) in [6, 6.07) is 29.4. The van der Waals surface area contributed by atoms with Gasteiger partial charge in [0, 0.05) is 22.5 Å². The second kappa shape index (κ2) is 9.06. The lowest BCUT2D eigenvalue weighted by Gasteiger charge is -2.09. The number of hydrogen-bond donors (Lipinski definition) is 2. The van der Waals surface area contributed by atoms with E-state index in [0.29, 0.717) is 22.1 Å². The van der Waals surface area contributed by atoms with E-state index >= 15 is 0 Å². The number of pyridine rings is 1. The molecule has 0 aliphatic heterocycles. The molecule has 0 saturated heterocycles. The van der Waals surface area contributed by atoms with Crippen molar-refractivity contribution in [1.82, 2.24) is 10.3 Å². The van der Waals surface area contributed by atoms with Gasteiger partial charge in [-0.05, 0) is 34.9 Å². The van der Waals surface area contributed by atoms with Crippen molar-refractivity contribution in [3.8, 4) is 22.4 Å². The molecule has 0 atom stereocenters. The topological polar surface area (TPSA) is 68.0 Å². The van der Waals surface area contributed by atoms with E-state index in [9.17, 15) is 4.79 Å². The molecule has 162 valence electrons. The molecule has 0 radical (unpaired) electrons. The van der Waals surface area contributed by atoms with Gasteiger partial charge in [0.2, 0.25) is 0 Å². The van der Waals surface area contributed by atoms with Crippen LogP contribution in [-0.4, -0.2) is 10.9 Å². The van der Waals surface area contributed by atoms with Gasteiger partial charge in [-0.25, -0.2) is 4.98 Å². The van der Waals surface area contributed by atoms with Gasteiger partial charge in [0.05, 0.1) is 11.4 Å². The number of benzene rings is 3. The number of amides is 1. The highest BCUT2D eigenvalue weighted by molar-refractivity contribution is 7.21. The Balaban J connectivity index is 1.61. The minimum atomic E-state index is -0.206. The van der Waals surface area contributed by atoms with E-state index in [2.05, 4.69) is 5.32 Å². The predicted molar refractivity (Wildman–Crippen MR) is 138 cm³/mol. The molecule has 0 bridgehead atoms. The number of halogens is 1. The molecule has 33 heavy (non-hydrogen) atoms. The molecule has 3 aromatic carbocycles. The number of thiophene rings is 1. The second-order valence-corrected chi connectivity index (χ2v) is 9.06. The fourth-order valence-electron chi connectivity index (χ4n) is 3.76. The summed E-state index contributed by atoms with van der Waals surface area (Å²) in [7, 11) is 0. The molecule has 0 unspecified atom stereocenters. The summed E-state index contributed by atoms with van der Waals surface area (Å²) in [6.07, 6.45) is 0. The van der Waals surface area contributed by atoms with Crippen LogP contribution in [0.3, 0.4) is 0 Å². The number of rotatable bonds is 5. The maximum Gasteiger partial charge on any atom is 0.263 e. The zero-order valence-corrected chi connectivity index (χ0v) is 19.2. The number of carbonyl (C=O) groups is 1. The summed E-state index contributed by atoms with van der Waals surface area (Å²) < 4.78 is 0. The predicted octanol–water partition coefficient (Wildman–Crippen LogP) is 6.80. The molecular formula is C27H20ClN3OS. The van der Waals surface area contributed by atoms with Crippen molar-refractivity contribution >= 4 is 44.7 Å². The highest BCUT2D eigenvalue weighted by atomic mass is 35.5. The van der Waals surface area contributed by atoms with E-state index in [1.165, 1.54) is 11.3 Å². The number of nitrogens with zero attached hydrogens (tertiary/aromatic N) is 1. The normalized spacial score (nSPS) is 10.9. The number of anilines is 1. The Morgan fingerprint density at radius 2 is 1.58 bits per heavy atom. The number of hydrogen-bond acceptors (Lipinski definition) is 4. The first-order valence-electron chi connectivity index (χ1n) is 10.5. The first kappa shape index (κ1) is 21.2. The Labute approximate surface area is 200 Å². The molecule has 2 heterocycles. The van der Waals surface area contributed by atoms with Gasteiger partial charge in [-0.3, -0.25) is 4.79 Å². The Morgan fingerprint density at radius 3 is 2.27 bits per heavy atom. The molecule has 2 aromatic heterocycles. The van der Waals surface area contributed by atoms with Crippen LogP contribution in [0.1, 0.15) is 15.2 Å².